The fourth-order valence-electron chi connectivity index (χ4n) is 2.34. The molecule has 1 aromatic heterocycles. The van der Waals surface area contributed by atoms with Crippen LogP contribution in [0.3, 0.4) is 0 Å². The van der Waals surface area contributed by atoms with Crippen LogP contribution < -0.4 is 5.32 Å². The van der Waals surface area contributed by atoms with Gasteiger partial charge in [0.2, 0.25) is 0 Å². The van der Waals surface area contributed by atoms with Crippen molar-refractivity contribution in [2.45, 2.75) is 0 Å². The van der Waals surface area contributed by atoms with Crippen LogP contribution in [0.15, 0.2) is 58.5 Å². The van der Waals surface area contributed by atoms with Gasteiger partial charge in [-0.25, -0.2) is 0 Å². The van der Waals surface area contributed by atoms with Crippen LogP contribution in [0.25, 0.3) is 17.4 Å². The Morgan fingerprint density at radius 3 is 2.36 bits per heavy atom. The number of rotatable bonds is 4. The lowest BCUT2D eigenvalue weighted by Crippen LogP contribution is -2.13. The maximum Gasteiger partial charge on any atom is 0.266 e. The second-order valence-electron chi connectivity index (χ2n) is 5.57. The summed E-state index contributed by atoms with van der Waals surface area (Å²) in [6, 6.07) is 14.7. The second-order valence-corrected chi connectivity index (χ2v) is 7.26. The molecule has 0 spiro atoms. The molecule has 140 valence electrons. The number of hydrogen-bond acceptors (Lipinski definition) is 3. The summed E-state index contributed by atoms with van der Waals surface area (Å²) in [5, 5.41) is 13.6. The van der Waals surface area contributed by atoms with E-state index in [9.17, 15) is 10.1 Å². The normalized spacial score (nSPS) is 11.2. The maximum absolute atomic E-state index is 12.4. The molecular weight excluding hydrogens is 442 g/mol. The number of nitrogens with zero attached hydrogens (tertiary/aromatic N) is 1. The molecule has 0 aliphatic heterocycles. The van der Waals surface area contributed by atoms with E-state index in [1.54, 1.807) is 42.5 Å². The summed E-state index contributed by atoms with van der Waals surface area (Å²) in [4.78, 5) is 12.4. The highest BCUT2D eigenvalue weighted by molar-refractivity contribution is 6.36. The average Bonchev–Trinajstić information content (AvgIpc) is 3.13. The largest absolute Gasteiger partial charge is 0.457 e. The molecule has 2 aromatic carbocycles. The fraction of sp³-hybridized carbons (Fsp3) is 0. The molecule has 1 heterocycles. The lowest BCUT2D eigenvalue weighted by atomic mass is 10.2. The summed E-state index contributed by atoms with van der Waals surface area (Å²) < 4.78 is 5.68. The van der Waals surface area contributed by atoms with Gasteiger partial charge in [0.25, 0.3) is 5.91 Å². The maximum atomic E-state index is 12.4. The third-order valence-electron chi connectivity index (χ3n) is 3.65. The molecule has 0 unspecified atom stereocenters. The van der Waals surface area contributed by atoms with Gasteiger partial charge in [-0.3, -0.25) is 4.79 Å². The standard InChI is InChI=1S/C20H10Cl4N2O2/c21-12-1-4-16(23)15(8-12)19-6-3-14(28-19)7-11(10-25)20(27)26-18-9-13(22)2-5-17(18)24/h1-9H,(H,26,27). The van der Waals surface area contributed by atoms with Crippen molar-refractivity contribution in [1.29, 1.82) is 5.26 Å². The van der Waals surface area contributed by atoms with Crippen LogP contribution in [0.2, 0.25) is 20.1 Å². The van der Waals surface area contributed by atoms with Crippen LogP contribution in [0.1, 0.15) is 5.76 Å². The summed E-state index contributed by atoms with van der Waals surface area (Å²) in [7, 11) is 0. The van der Waals surface area contributed by atoms with Gasteiger partial charge in [-0.15, -0.1) is 0 Å². The van der Waals surface area contributed by atoms with Gasteiger partial charge in [-0.1, -0.05) is 46.4 Å². The molecule has 3 aromatic rings. The van der Waals surface area contributed by atoms with Gasteiger partial charge in [-0.2, -0.15) is 5.26 Å². The Kier molecular flexibility index (Phi) is 6.33. The molecule has 0 bridgehead atoms. The lowest BCUT2D eigenvalue weighted by Gasteiger charge is -2.06. The second kappa shape index (κ2) is 8.72. The predicted octanol–water partition coefficient (Wildman–Crippen LogP) is 7.11. The number of hydrogen-bond donors (Lipinski definition) is 1. The fourth-order valence-corrected chi connectivity index (χ4v) is 3.05. The van der Waals surface area contributed by atoms with Crippen molar-refractivity contribution in [2.75, 3.05) is 5.32 Å². The quantitative estimate of drug-likeness (QED) is 0.339. The number of halogens is 4. The van der Waals surface area contributed by atoms with E-state index < -0.39 is 5.91 Å². The third kappa shape index (κ3) is 4.70. The van der Waals surface area contributed by atoms with E-state index in [2.05, 4.69) is 5.32 Å². The average molecular weight is 452 g/mol. The summed E-state index contributed by atoms with van der Waals surface area (Å²) >= 11 is 24.1. The minimum atomic E-state index is -0.648. The molecule has 4 nitrogen and oxygen atoms in total. The van der Waals surface area contributed by atoms with E-state index in [0.717, 1.165) is 0 Å². The number of amides is 1. The Bertz CT molecular complexity index is 1130. The van der Waals surface area contributed by atoms with Gasteiger partial charge in [0.05, 0.1) is 15.7 Å². The van der Waals surface area contributed by atoms with E-state index in [-0.39, 0.29) is 5.57 Å². The van der Waals surface area contributed by atoms with Gasteiger partial charge in [0.15, 0.2) is 0 Å². The molecule has 0 aliphatic carbocycles. The molecule has 0 aliphatic rings. The highest BCUT2D eigenvalue weighted by Gasteiger charge is 2.14. The van der Waals surface area contributed by atoms with Crippen LogP contribution in [0, 0.1) is 11.3 Å². The van der Waals surface area contributed by atoms with Crippen molar-refractivity contribution in [3.05, 3.63) is 80.0 Å². The first kappa shape index (κ1) is 20.3. The van der Waals surface area contributed by atoms with E-state index in [1.165, 1.54) is 12.1 Å². The molecule has 0 atom stereocenters. The molecule has 0 saturated carbocycles. The summed E-state index contributed by atoms with van der Waals surface area (Å²) in [5.41, 5.74) is 0.725. The van der Waals surface area contributed by atoms with E-state index >= 15 is 0 Å². The molecule has 8 heteroatoms. The zero-order valence-electron chi connectivity index (χ0n) is 14.0. The Morgan fingerprint density at radius 1 is 0.964 bits per heavy atom. The number of carbonyl (C=O) groups excluding carboxylic acids is 1. The lowest BCUT2D eigenvalue weighted by molar-refractivity contribution is -0.112. The summed E-state index contributed by atoms with van der Waals surface area (Å²) in [5.74, 6) is 0.106. The van der Waals surface area contributed by atoms with Crippen LogP contribution >= 0.6 is 46.4 Å². The highest BCUT2D eigenvalue weighted by Crippen LogP contribution is 2.32. The molecule has 1 N–H and O–H groups in total. The number of anilines is 1. The van der Waals surface area contributed by atoms with Crippen molar-refractivity contribution in [3.8, 4) is 17.4 Å². The van der Waals surface area contributed by atoms with Gasteiger partial charge >= 0.3 is 0 Å². The first-order valence-corrected chi connectivity index (χ1v) is 9.32. The smallest absolute Gasteiger partial charge is 0.266 e. The Labute approximate surface area is 180 Å². The Hall–Kier alpha value is -2.42. The monoisotopic (exact) mass is 450 g/mol. The molecule has 1 amide bonds. The van der Waals surface area contributed by atoms with E-state index in [4.69, 9.17) is 50.8 Å². The summed E-state index contributed by atoms with van der Waals surface area (Å²) in [6.45, 7) is 0. The Balaban J connectivity index is 1.86. The van der Waals surface area contributed by atoms with Crippen LogP contribution in [0.5, 0.6) is 0 Å². The molecular formula is C20H10Cl4N2O2. The SMILES string of the molecule is N#CC(=Cc1ccc(-c2cc(Cl)ccc2Cl)o1)C(=O)Nc1cc(Cl)ccc1Cl. The Morgan fingerprint density at radius 2 is 1.64 bits per heavy atom. The van der Waals surface area contributed by atoms with E-state index in [1.807, 2.05) is 6.07 Å². The zero-order chi connectivity index (χ0) is 20.3. The minimum Gasteiger partial charge on any atom is -0.457 e. The first-order chi connectivity index (χ1) is 13.4. The number of nitriles is 1. The van der Waals surface area contributed by atoms with Gasteiger partial charge < -0.3 is 9.73 Å². The van der Waals surface area contributed by atoms with E-state index in [0.29, 0.717) is 42.9 Å². The molecule has 0 fully saturated rings. The topological polar surface area (TPSA) is 66.0 Å². The molecule has 0 saturated heterocycles. The molecule has 3 rings (SSSR count). The number of furan rings is 1. The summed E-state index contributed by atoms with van der Waals surface area (Å²) in [6.07, 6.45) is 1.32. The highest BCUT2D eigenvalue weighted by atomic mass is 35.5. The van der Waals surface area contributed by atoms with Gasteiger partial charge in [0, 0.05) is 21.7 Å². The van der Waals surface area contributed by atoms with Gasteiger partial charge in [0.1, 0.15) is 23.2 Å². The third-order valence-corrected chi connectivity index (χ3v) is 4.78. The van der Waals surface area contributed by atoms with Crippen molar-refractivity contribution in [1.82, 2.24) is 0 Å². The van der Waals surface area contributed by atoms with Crippen molar-refractivity contribution >= 4 is 64.1 Å². The number of benzene rings is 2. The van der Waals surface area contributed by atoms with Crippen molar-refractivity contribution in [2.24, 2.45) is 0 Å². The van der Waals surface area contributed by atoms with Crippen molar-refractivity contribution < 1.29 is 9.21 Å². The van der Waals surface area contributed by atoms with Crippen molar-refractivity contribution in [3.63, 3.8) is 0 Å². The first-order valence-electron chi connectivity index (χ1n) is 7.81. The van der Waals surface area contributed by atoms with Crippen LogP contribution in [-0.2, 0) is 4.79 Å². The van der Waals surface area contributed by atoms with Crippen LogP contribution in [0.4, 0.5) is 5.69 Å². The minimum absolute atomic E-state index is 0.172. The zero-order valence-corrected chi connectivity index (χ0v) is 17.0. The predicted molar refractivity (Wildman–Crippen MR) is 113 cm³/mol. The van der Waals surface area contributed by atoms with Gasteiger partial charge in [-0.05, 0) is 48.5 Å². The van der Waals surface area contributed by atoms with Crippen LogP contribution in [-0.4, -0.2) is 5.91 Å². The number of carbonyl (C=O) groups is 1. The molecule has 0 radical (unpaired) electrons. The molecule has 28 heavy (non-hydrogen) atoms. The number of nitrogens with one attached hydrogen (secondary N) is 1.